The van der Waals surface area contributed by atoms with Gasteiger partial charge in [-0.05, 0) is 37.2 Å². The van der Waals surface area contributed by atoms with E-state index in [4.69, 9.17) is 9.84 Å². The van der Waals surface area contributed by atoms with Crippen molar-refractivity contribution in [1.82, 2.24) is 5.32 Å². The van der Waals surface area contributed by atoms with Crippen molar-refractivity contribution in [2.75, 3.05) is 13.7 Å². The van der Waals surface area contributed by atoms with Crippen LogP contribution in [-0.4, -0.2) is 30.8 Å². The minimum absolute atomic E-state index is 0.265. The summed E-state index contributed by atoms with van der Waals surface area (Å²) >= 11 is 0. The van der Waals surface area contributed by atoms with E-state index in [0.29, 0.717) is 12.2 Å². The molecule has 0 saturated heterocycles. The molecule has 0 fully saturated rings. The Kier molecular flexibility index (Phi) is 2.60. The lowest BCUT2D eigenvalue weighted by Crippen LogP contribution is -2.36. The van der Waals surface area contributed by atoms with E-state index < -0.39 is 5.97 Å². The smallest absolute Gasteiger partial charge is 0.335 e. The fraction of sp³-hybridized carbons (Fsp3) is 0.364. The molecule has 0 aromatic heterocycles. The first-order chi connectivity index (χ1) is 7.20. The number of hydrogen-bond acceptors (Lipinski definition) is 3. The maximum atomic E-state index is 10.8. The second kappa shape index (κ2) is 3.90. The van der Waals surface area contributed by atoms with E-state index in [1.807, 2.05) is 7.05 Å². The quantitative estimate of drug-likeness (QED) is 0.756. The summed E-state index contributed by atoms with van der Waals surface area (Å²) in [6.45, 7) is 0.635. The molecule has 1 aliphatic heterocycles. The summed E-state index contributed by atoms with van der Waals surface area (Å²) in [5.41, 5.74) is 1.27. The summed E-state index contributed by atoms with van der Waals surface area (Å²) in [6.07, 6.45) is 0.812. The first kappa shape index (κ1) is 9.98. The van der Waals surface area contributed by atoms with Gasteiger partial charge < -0.3 is 15.2 Å². The summed E-state index contributed by atoms with van der Waals surface area (Å²) in [7, 11) is 1.88. The average Bonchev–Trinajstić information content (AvgIpc) is 2.27. The molecule has 1 atom stereocenters. The van der Waals surface area contributed by atoms with Crippen molar-refractivity contribution in [3.8, 4) is 5.75 Å². The molecule has 0 saturated carbocycles. The van der Waals surface area contributed by atoms with E-state index in [9.17, 15) is 4.79 Å². The Morgan fingerprint density at radius 2 is 2.40 bits per heavy atom. The summed E-state index contributed by atoms with van der Waals surface area (Å²) in [5.74, 6) is -0.101. The molecule has 0 spiro atoms. The number of carboxylic acids is 1. The Morgan fingerprint density at radius 3 is 3.07 bits per heavy atom. The van der Waals surface area contributed by atoms with Crippen LogP contribution in [0.3, 0.4) is 0 Å². The highest BCUT2D eigenvalue weighted by Gasteiger charge is 2.19. The van der Waals surface area contributed by atoms with Gasteiger partial charge in [0.15, 0.2) is 0 Å². The minimum atomic E-state index is -0.899. The van der Waals surface area contributed by atoms with Crippen molar-refractivity contribution < 1.29 is 14.6 Å². The second-order valence-electron chi connectivity index (χ2n) is 3.63. The van der Waals surface area contributed by atoms with Gasteiger partial charge >= 0.3 is 5.97 Å². The second-order valence-corrected chi connectivity index (χ2v) is 3.63. The third-order valence-electron chi connectivity index (χ3n) is 2.62. The van der Waals surface area contributed by atoms with Crippen LogP contribution in [0.1, 0.15) is 15.9 Å². The number of hydrogen-bond donors (Lipinski definition) is 2. The van der Waals surface area contributed by atoms with Gasteiger partial charge in [0.2, 0.25) is 0 Å². The molecular formula is C11H13NO3. The van der Waals surface area contributed by atoms with Gasteiger partial charge in [0.05, 0.1) is 5.56 Å². The molecule has 4 nitrogen and oxygen atoms in total. The van der Waals surface area contributed by atoms with Crippen LogP contribution in [0.4, 0.5) is 0 Å². The van der Waals surface area contributed by atoms with Gasteiger partial charge in [-0.2, -0.15) is 0 Å². The zero-order valence-corrected chi connectivity index (χ0v) is 8.49. The highest BCUT2D eigenvalue weighted by atomic mass is 16.5. The van der Waals surface area contributed by atoms with E-state index in [1.54, 1.807) is 18.2 Å². The van der Waals surface area contributed by atoms with E-state index >= 15 is 0 Å². The molecule has 2 N–H and O–H groups in total. The molecule has 2 rings (SSSR count). The molecule has 0 radical (unpaired) electrons. The number of ether oxygens (including phenoxy) is 1. The molecule has 1 heterocycles. The topological polar surface area (TPSA) is 58.6 Å². The first-order valence-electron chi connectivity index (χ1n) is 4.87. The average molecular weight is 207 g/mol. The SMILES string of the molecule is CNC1COc2ccc(C(=O)O)cc2C1. The number of nitrogens with one attached hydrogen (secondary N) is 1. The normalized spacial score (nSPS) is 19.1. The van der Waals surface area contributed by atoms with Gasteiger partial charge in [-0.3, -0.25) is 0 Å². The first-order valence-corrected chi connectivity index (χ1v) is 4.87. The Bertz CT molecular complexity index is 389. The monoisotopic (exact) mass is 207 g/mol. The Morgan fingerprint density at radius 1 is 1.60 bits per heavy atom. The van der Waals surface area contributed by atoms with Crippen LogP contribution in [0.25, 0.3) is 0 Å². The van der Waals surface area contributed by atoms with Crippen molar-refractivity contribution >= 4 is 5.97 Å². The third-order valence-corrected chi connectivity index (χ3v) is 2.62. The van der Waals surface area contributed by atoms with Gasteiger partial charge in [0, 0.05) is 6.04 Å². The molecule has 1 unspecified atom stereocenters. The van der Waals surface area contributed by atoms with E-state index in [1.165, 1.54) is 0 Å². The van der Waals surface area contributed by atoms with Gasteiger partial charge in [-0.25, -0.2) is 4.79 Å². The number of aromatic carboxylic acids is 1. The highest BCUT2D eigenvalue weighted by molar-refractivity contribution is 5.88. The van der Waals surface area contributed by atoms with Gasteiger partial charge in [-0.1, -0.05) is 0 Å². The fourth-order valence-electron chi connectivity index (χ4n) is 1.71. The van der Waals surface area contributed by atoms with Crippen molar-refractivity contribution in [2.45, 2.75) is 12.5 Å². The maximum absolute atomic E-state index is 10.8. The Labute approximate surface area is 87.9 Å². The number of rotatable bonds is 2. The predicted molar refractivity (Wildman–Crippen MR) is 55.4 cm³/mol. The van der Waals surface area contributed by atoms with E-state index in [2.05, 4.69) is 5.32 Å². The van der Waals surface area contributed by atoms with Crippen LogP contribution in [0.5, 0.6) is 5.75 Å². The number of likely N-dealkylation sites (N-methyl/N-ethyl adjacent to an activating group) is 1. The molecule has 1 aromatic rings. The Balaban J connectivity index is 2.30. The summed E-state index contributed by atoms with van der Waals surface area (Å²) in [6, 6.07) is 5.24. The molecular weight excluding hydrogens is 194 g/mol. The van der Waals surface area contributed by atoms with Gasteiger partial charge in [0.1, 0.15) is 12.4 Å². The van der Waals surface area contributed by atoms with Crippen LogP contribution >= 0.6 is 0 Å². The predicted octanol–water partition coefficient (Wildman–Crippen LogP) is 0.908. The molecule has 1 aliphatic rings. The molecule has 0 aliphatic carbocycles. The van der Waals surface area contributed by atoms with Crippen LogP contribution in [0, 0.1) is 0 Å². The molecule has 0 amide bonds. The largest absolute Gasteiger partial charge is 0.492 e. The molecule has 15 heavy (non-hydrogen) atoms. The number of benzene rings is 1. The molecule has 0 bridgehead atoms. The lowest BCUT2D eigenvalue weighted by molar-refractivity contribution is 0.0696. The van der Waals surface area contributed by atoms with Crippen LogP contribution in [0.2, 0.25) is 0 Å². The number of fused-ring (bicyclic) bond motifs is 1. The molecule has 1 aromatic carbocycles. The van der Waals surface area contributed by atoms with Gasteiger partial charge in [-0.15, -0.1) is 0 Å². The summed E-state index contributed by atoms with van der Waals surface area (Å²) in [5, 5.41) is 12.0. The van der Waals surface area contributed by atoms with Crippen LogP contribution in [-0.2, 0) is 6.42 Å². The molecule has 80 valence electrons. The summed E-state index contributed by atoms with van der Waals surface area (Å²) < 4.78 is 5.51. The minimum Gasteiger partial charge on any atom is -0.492 e. The lowest BCUT2D eigenvalue weighted by Gasteiger charge is -2.25. The number of carboxylic acid groups (broad SMARTS) is 1. The van der Waals surface area contributed by atoms with Crippen molar-refractivity contribution in [2.24, 2.45) is 0 Å². The highest BCUT2D eigenvalue weighted by Crippen LogP contribution is 2.25. The van der Waals surface area contributed by atoms with E-state index in [0.717, 1.165) is 17.7 Å². The lowest BCUT2D eigenvalue weighted by atomic mass is 10.0. The third kappa shape index (κ3) is 1.94. The van der Waals surface area contributed by atoms with Crippen LogP contribution in [0.15, 0.2) is 18.2 Å². The van der Waals surface area contributed by atoms with Gasteiger partial charge in [0.25, 0.3) is 0 Å². The van der Waals surface area contributed by atoms with E-state index in [-0.39, 0.29) is 6.04 Å². The molecule has 4 heteroatoms. The maximum Gasteiger partial charge on any atom is 0.335 e. The standard InChI is InChI=1S/C11H13NO3/c1-12-9-5-8-4-7(11(13)14)2-3-10(8)15-6-9/h2-4,9,12H,5-6H2,1H3,(H,13,14). The Hall–Kier alpha value is -1.55. The van der Waals surface area contributed by atoms with Crippen molar-refractivity contribution in [1.29, 1.82) is 0 Å². The van der Waals surface area contributed by atoms with Crippen LogP contribution < -0.4 is 10.1 Å². The number of carbonyl (C=O) groups is 1. The fourth-order valence-corrected chi connectivity index (χ4v) is 1.71. The summed E-state index contributed by atoms with van der Waals surface area (Å²) in [4.78, 5) is 10.8. The van der Waals surface area contributed by atoms with Crippen molar-refractivity contribution in [3.63, 3.8) is 0 Å². The van der Waals surface area contributed by atoms with Crippen molar-refractivity contribution in [3.05, 3.63) is 29.3 Å². The zero-order valence-electron chi connectivity index (χ0n) is 8.49. The zero-order chi connectivity index (χ0) is 10.8.